The third-order valence-corrected chi connectivity index (χ3v) is 5.93. The predicted octanol–water partition coefficient (Wildman–Crippen LogP) is 3.01. The largest absolute Gasteiger partial charge is 0.381 e. The minimum atomic E-state index is 0. The van der Waals surface area contributed by atoms with Crippen molar-refractivity contribution in [2.75, 3.05) is 39.4 Å². The zero-order chi connectivity index (χ0) is 18.9. The van der Waals surface area contributed by atoms with Gasteiger partial charge in [0.2, 0.25) is 5.91 Å². The Bertz CT molecular complexity index is 633. The molecule has 28 heavy (non-hydrogen) atoms. The van der Waals surface area contributed by atoms with E-state index in [4.69, 9.17) is 4.74 Å². The third kappa shape index (κ3) is 7.87. The number of rotatable bonds is 10. The first-order valence-corrected chi connectivity index (χ1v) is 11.1. The Morgan fingerprint density at radius 1 is 1.39 bits per heavy atom. The quantitative estimate of drug-likeness (QED) is 0.216. The minimum Gasteiger partial charge on any atom is -0.381 e. The van der Waals surface area contributed by atoms with E-state index in [2.05, 4.69) is 27.1 Å². The standard InChI is InChI=1S/C20H32N4O2S.HI/c1-2-21-20(22-9-3-12-26-15-16-4-5-16)23-10-6-19(25)24-11-7-18-17(14-24)8-13-27-18;/h8,13,16H,2-7,9-12,14-15H2,1H3,(H2,21,22,23);1H. The lowest BCUT2D eigenvalue weighted by Gasteiger charge is -2.27. The molecule has 1 aliphatic heterocycles. The van der Waals surface area contributed by atoms with Crippen molar-refractivity contribution in [2.45, 2.75) is 45.6 Å². The van der Waals surface area contributed by atoms with E-state index in [1.54, 1.807) is 11.3 Å². The molecule has 0 bridgehead atoms. The number of fused-ring (bicyclic) bond motifs is 1. The zero-order valence-corrected chi connectivity index (χ0v) is 19.9. The van der Waals surface area contributed by atoms with Crippen LogP contribution in [0.25, 0.3) is 0 Å². The van der Waals surface area contributed by atoms with Gasteiger partial charge in [-0.15, -0.1) is 35.3 Å². The second-order valence-corrected chi connectivity index (χ2v) is 8.24. The summed E-state index contributed by atoms with van der Waals surface area (Å²) in [6.07, 6.45) is 5.07. The Labute approximate surface area is 189 Å². The fourth-order valence-electron chi connectivity index (χ4n) is 3.14. The molecule has 1 saturated carbocycles. The molecule has 2 heterocycles. The van der Waals surface area contributed by atoms with Crippen molar-refractivity contribution in [1.29, 1.82) is 0 Å². The highest BCUT2D eigenvalue weighted by molar-refractivity contribution is 14.0. The lowest BCUT2D eigenvalue weighted by Crippen LogP contribution is -2.41. The number of ether oxygens (including phenoxy) is 1. The van der Waals surface area contributed by atoms with Gasteiger partial charge >= 0.3 is 0 Å². The predicted molar refractivity (Wildman–Crippen MR) is 126 cm³/mol. The molecule has 1 aromatic heterocycles. The van der Waals surface area contributed by atoms with Gasteiger partial charge in [0.25, 0.3) is 0 Å². The maximum Gasteiger partial charge on any atom is 0.224 e. The van der Waals surface area contributed by atoms with Crippen LogP contribution in [0, 0.1) is 5.92 Å². The Morgan fingerprint density at radius 2 is 2.25 bits per heavy atom. The molecule has 0 saturated heterocycles. The van der Waals surface area contributed by atoms with Crippen molar-refractivity contribution in [3.05, 3.63) is 21.9 Å². The highest BCUT2D eigenvalue weighted by atomic mass is 127. The van der Waals surface area contributed by atoms with Gasteiger partial charge in [-0.2, -0.15) is 0 Å². The number of guanidine groups is 1. The molecule has 1 amide bonds. The molecule has 0 unspecified atom stereocenters. The Morgan fingerprint density at radius 3 is 3.04 bits per heavy atom. The summed E-state index contributed by atoms with van der Waals surface area (Å²) in [6.45, 7) is 7.48. The lowest BCUT2D eigenvalue weighted by atomic mass is 10.1. The first-order chi connectivity index (χ1) is 13.3. The molecular weight excluding hydrogens is 487 g/mol. The van der Waals surface area contributed by atoms with Crippen molar-refractivity contribution >= 4 is 47.2 Å². The van der Waals surface area contributed by atoms with Crippen molar-refractivity contribution in [3.8, 4) is 0 Å². The highest BCUT2D eigenvalue weighted by Crippen LogP contribution is 2.28. The van der Waals surface area contributed by atoms with E-state index in [9.17, 15) is 4.79 Å². The Hall–Kier alpha value is -0.870. The molecule has 1 aromatic rings. The maximum atomic E-state index is 12.5. The van der Waals surface area contributed by atoms with E-state index in [1.807, 2.05) is 11.8 Å². The van der Waals surface area contributed by atoms with E-state index >= 15 is 0 Å². The van der Waals surface area contributed by atoms with Crippen LogP contribution in [0.1, 0.15) is 43.0 Å². The van der Waals surface area contributed by atoms with Crippen LogP contribution in [-0.4, -0.2) is 56.2 Å². The third-order valence-electron chi connectivity index (χ3n) is 4.90. The van der Waals surface area contributed by atoms with Gasteiger partial charge in [-0.1, -0.05) is 0 Å². The molecule has 1 fully saturated rings. The number of hydrogen-bond donors (Lipinski definition) is 2. The molecule has 1 aliphatic carbocycles. The van der Waals surface area contributed by atoms with Crippen LogP contribution >= 0.6 is 35.3 Å². The van der Waals surface area contributed by atoms with E-state index in [0.717, 1.165) is 64.1 Å². The molecular formula is C20H33IN4O2S. The number of amides is 1. The molecule has 2 aliphatic rings. The van der Waals surface area contributed by atoms with Gasteiger partial charge in [-0.3, -0.25) is 9.79 Å². The second kappa shape index (κ2) is 12.6. The van der Waals surface area contributed by atoms with Crippen LogP contribution in [0.3, 0.4) is 0 Å². The summed E-state index contributed by atoms with van der Waals surface area (Å²) < 4.78 is 5.64. The smallest absolute Gasteiger partial charge is 0.224 e. The first kappa shape index (κ1) is 23.4. The molecule has 2 N–H and O–H groups in total. The Balaban J connectivity index is 0.00000280. The molecule has 0 spiro atoms. The minimum absolute atomic E-state index is 0. The van der Waals surface area contributed by atoms with E-state index < -0.39 is 0 Å². The highest BCUT2D eigenvalue weighted by Gasteiger charge is 2.21. The maximum absolute atomic E-state index is 12.5. The molecule has 0 atom stereocenters. The number of thiophene rings is 1. The van der Waals surface area contributed by atoms with Gasteiger partial charge in [0.15, 0.2) is 5.96 Å². The summed E-state index contributed by atoms with van der Waals surface area (Å²) >= 11 is 1.80. The summed E-state index contributed by atoms with van der Waals surface area (Å²) in [5, 5.41) is 8.64. The first-order valence-electron chi connectivity index (χ1n) is 10.2. The number of hydrogen-bond acceptors (Lipinski definition) is 4. The molecule has 0 aromatic carbocycles. The summed E-state index contributed by atoms with van der Waals surface area (Å²) in [6, 6.07) is 2.14. The zero-order valence-electron chi connectivity index (χ0n) is 16.7. The van der Waals surface area contributed by atoms with Crippen molar-refractivity contribution in [3.63, 3.8) is 0 Å². The van der Waals surface area contributed by atoms with Gasteiger partial charge in [0.05, 0.1) is 0 Å². The number of nitrogens with one attached hydrogen (secondary N) is 2. The number of nitrogens with zero attached hydrogens (tertiary/aromatic N) is 2. The van der Waals surface area contributed by atoms with Crippen molar-refractivity contribution in [1.82, 2.24) is 15.5 Å². The van der Waals surface area contributed by atoms with Crippen LogP contribution in [0.15, 0.2) is 16.4 Å². The normalized spacial score (nSPS) is 16.3. The van der Waals surface area contributed by atoms with E-state index in [0.29, 0.717) is 13.0 Å². The van der Waals surface area contributed by atoms with Crippen LogP contribution < -0.4 is 10.6 Å². The summed E-state index contributed by atoms with van der Waals surface area (Å²) in [7, 11) is 0. The summed E-state index contributed by atoms with van der Waals surface area (Å²) in [5.74, 6) is 1.81. The fourth-order valence-corrected chi connectivity index (χ4v) is 4.03. The lowest BCUT2D eigenvalue weighted by molar-refractivity contribution is -0.131. The monoisotopic (exact) mass is 520 g/mol. The van der Waals surface area contributed by atoms with Crippen LogP contribution in [-0.2, 0) is 22.5 Å². The molecule has 0 radical (unpaired) electrons. The number of carbonyl (C=O) groups is 1. The van der Waals surface area contributed by atoms with Crippen LogP contribution in [0.2, 0.25) is 0 Å². The number of aliphatic imine (C=N–C) groups is 1. The Kier molecular flexibility index (Phi) is 10.6. The molecule has 3 rings (SSSR count). The van der Waals surface area contributed by atoms with Gasteiger partial charge < -0.3 is 20.3 Å². The van der Waals surface area contributed by atoms with Crippen LogP contribution in [0.5, 0.6) is 0 Å². The average molecular weight is 520 g/mol. The van der Waals surface area contributed by atoms with Crippen molar-refractivity contribution < 1.29 is 9.53 Å². The molecule has 8 heteroatoms. The van der Waals surface area contributed by atoms with Gasteiger partial charge in [-0.25, -0.2) is 0 Å². The topological polar surface area (TPSA) is 66.0 Å². The van der Waals surface area contributed by atoms with Crippen molar-refractivity contribution in [2.24, 2.45) is 10.9 Å². The molecule has 6 nitrogen and oxygen atoms in total. The SMILES string of the molecule is CCNC(=NCCCOCC1CC1)NCCC(=O)N1CCc2sccc2C1.I. The summed E-state index contributed by atoms with van der Waals surface area (Å²) in [4.78, 5) is 20.4. The van der Waals surface area contributed by atoms with Gasteiger partial charge in [0, 0.05) is 57.2 Å². The van der Waals surface area contributed by atoms with E-state index in [1.165, 1.54) is 23.3 Å². The average Bonchev–Trinajstić information content (AvgIpc) is 3.38. The van der Waals surface area contributed by atoms with Gasteiger partial charge in [-0.05, 0) is 55.5 Å². The number of halogens is 1. The molecule has 158 valence electrons. The van der Waals surface area contributed by atoms with Crippen LogP contribution in [0.4, 0.5) is 0 Å². The fraction of sp³-hybridized carbons (Fsp3) is 0.700. The van der Waals surface area contributed by atoms with Gasteiger partial charge in [0.1, 0.15) is 0 Å². The van der Waals surface area contributed by atoms with E-state index in [-0.39, 0.29) is 29.9 Å². The number of carbonyl (C=O) groups excluding carboxylic acids is 1. The summed E-state index contributed by atoms with van der Waals surface area (Å²) in [5.41, 5.74) is 1.31. The second-order valence-electron chi connectivity index (χ2n) is 7.24.